The third-order valence-electron chi connectivity index (χ3n) is 4.72. The first kappa shape index (κ1) is 19.4. The largest absolute Gasteiger partial charge is 0.496 e. The first-order valence-corrected chi connectivity index (χ1v) is 9.33. The molecule has 0 aromatic heterocycles. The van der Waals surface area contributed by atoms with Crippen LogP contribution in [-0.2, 0) is 19.1 Å². The van der Waals surface area contributed by atoms with E-state index in [1.54, 1.807) is 13.2 Å². The second kappa shape index (κ2) is 9.01. The molecule has 2 amide bonds. The summed E-state index contributed by atoms with van der Waals surface area (Å²) in [6.45, 7) is 5.63. The molecule has 0 aliphatic carbocycles. The highest BCUT2D eigenvalue weighted by molar-refractivity contribution is 6.36. The molecule has 0 bridgehead atoms. The Labute approximate surface area is 159 Å². The Bertz CT molecular complexity index is 725. The molecule has 2 aliphatic rings. The number of morpholine rings is 1. The number of methoxy groups -OCH3 is 1. The molecule has 0 atom stereocenters. The Balaban J connectivity index is 1.96. The fraction of sp³-hybridized carbons (Fsp3) is 0.500. The molecule has 1 aromatic rings. The maximum Gasteiger partial charge on any atom is 0.277 e. The van der Waals surface area contributed by atoms with Gasteiger partial charge in [0.1, 0.15) is 11.4 Å². The molecule has 7 heteroatoms. The van der Waals surface area contributed by atoms with Crippen molar-refractivity contribution in [3.63, 3.8) is 0 Å². The smallest absolute Gasteiger partial charge is 0.277 e. The highest BCUT2D eigenvalue weighted by Gasteiger charge is 2.42. The molecule has 146 valence electrons. The predicted molar refractivity (Wildman–Crippen MR) is 100 cm³/mol. The molecule has 7 nitrogen and oxygen atoms in total. The van der Waals surface area contributed by atoms with Crippen LogP contribution in [0.3, 0.4) is 0 Å². The van der Waals surface area contributed by atoms with Gasteiger partial charge in [0.15, 0.2) is 0 Å². The first-order valence-electron chi connectivity index (χ1n) is 9.33. The normalized spacial score (nSPS) is 17.9. The van der Waals surface area contributed by atoms with Crippen molar-refractivity contribution in [3.05, 3.63) is 35.5 Å². The van der Waals surface area contributed by atoms with Gasteiger partial charge in [-0.05, 0) is 19.4 Å². The zero-order chi connectivity index (χ0) is 19.2. The van der Waals surface area contributed by atoms with Gasteiger partial charge in [0.2, 0.25) is 0 Å². The number of benzene rings is 1. The summed E-state index contributed by atoms with van der Waals surface area (Å²) >= 11 is 0. The van der Waals surface area contributed by atoms with E-state index in [4.69, 9.17) is 14.2 Å². The Morgan fingerprint density at radius 2 is 1.85 bits per heavy atom. The molecule has 0 saturated carbocycles. The zero-order valence-corrected chi connectivity index (χ0v) is 15.9. The number of hydrogen-bond acceptors (Lipinski definition) is 6. The van der Waals surface area contributed by atoms with E-state index in [2.05, 4.69) is 0 Å². The fourth-order valence-corrected chi connectivity index (χ4v) is 3.41. The minimum atomic E-state index is -0.275. The Morgan fingerprint density at radius 1 is 1.11 bits per heavy atom. The quantitative estimate of drug-likeness (QED) is 0.508. The average molecular weight is 374 g/mol. The van der Waals surface area contributed by atoms with Crippen molar-refractivity contribution in [2.45, 2.75) is 13.3 Å². The van der Waals surface area contributed by atoms with Gasteiger partial charge >= 0.3 is 0 Å². The minimum Gasteiger partial charge on any atom is -0.496 e. The Hall–Kier alpha value is -2.38. The monoisotopic (exact) mass is 374 g/mol. The number of amides is 2. The van der Waals surface area contributed by atoms with E-state index < -0.39 is 0 Å². The maximum absolute atomic E-state index is 13.2. The lowest BCUT2D eigenvalue weighted by molar-refractivity contribution is -0.138. The molecule has 2 heterocycles. The third-order valence-corrected chi connectivity index (χ3v) is 4.72. The highest BCUT2D eigenvalue weighted by atomic mass is 16.5. The van der Waals surface area contributed by atoms with Gasteiger partial charge in [-0.2, -0.15) is 0 Å². The van der Waals surface area contributed by atoms with E-state index in [1.165, 1.54) is 4.90 Å². The molecule has 0 radical (unpaired) electrons. The summed E-state index contributed by atoms with van der Waals surface area (Å²) in [6, 6.07) is 7.31. The van der Waals surface area contributed by atoms with Crippen LogP contribution in [0.1, 0.15) is 18.9 Å². The topological polar surface area (TPSA) is 68.3 Å². The molecule has 27 heavy (non-hydrogen) atoms. The van der Waals surface area contributed by atoms with Crippen molar-refractivity contribution < 1.29 is 23.8 Å². The summed E-state index contributed by atoms with van der Waals surface area (Å²) in [5.41, 5.74) is 1.51. The molecule has 0 N–H and O–H groups in total. The fourth-order valence-electron chi connectivity index (χ4n) is 3.41. The molecule has 0 spiro atoms. The van der Waals surface area contributed by atoms with Crippen LogP contribution in [0.25, 0.3) is 5.57 Å². The first-order chi connectivity index (χ1) is 13.2. The van der Waals surface area contributed by atoms with E-state index in [9.17, 15) is 9.59 Å². The lowest BCUT2D eigenvalue weighted by Crippen LogP contribution is -2.40. The van der Waals surface area contributed by atoms with Gasteiger partial charge in [0, 0.05) is 38.4 Å². The number of para-hydroxylation sites is 1. The number of ether oxygens (including phenoxy) is 3. The average Bonchev–Trinajstić information content (AvgIpc) is 2.96. The zero-order valence-electron chi connectivity index (χ0n) is 15.9. The lowest BCUT2D eigenvalue weighted by Gasteiger charge is -2.29. The SMILES string of the molecule is CCOCCCN1C(=O)C(c2ccccc2OC)=C(N2CCOCC2)C1=O. The van der Waals surface area contributed by atoms with Crippen molar-refractivity contribution in [1.29, 1.82) is 0 Å². The van der Waals surface area contributed by atoms with Crippen LogP contribution < -0.4 is 4.74 Å². The summed E-state index contributed by atoms with van der Waals surface area (Å²) in [5.74, 6) is 0.0531. The van der Waals surface area contributed by atoms with E-state index in [0.717, 1.165) is 0 Å². The van der Waals surface area contributed by atoms with Crippen molar-refractivity contribution in [3.8, 4) is 5.75 Å². The Kier molecular flexibility index (Phi) is 6.47. The number of nitrogens with zero attached hydrogens (tertiary/aromatic N) is 2. The molecule has 1 fully saturated rings. The van der Waals surface area contributed by atoms with Gasteiger partial charge in [-0.1, -0.05) is 18.2 Å². The second-order valence-corrected chi connectivity index (χ2v) is 6.34. The van der Waals surface area contributed by atoms with Gasteiger partial charge in [0.25, 0.3) is 11.8 Å². The van der Waals surface area contributed by atoms with Gasteiger partial charge in [-0.25, -0.2) is 0 Å². The van der Waals surface area contributed by atoms with Crippen molar-refractivity contribution in [2.75, 3.05) is 53.2 Å². The summed E-state index contributed by atoms with van der Waals surface area (Å²) in [5, 5.41) is 0. The summed E-state index contributed by atoms with van der Waals surface area (Å²) in [4.78, 5) is 29.6. The van der Waals surface area contributed by atoms with Gasteiger partial charge in [-0.15, -0.1) is 0 Å². The standard InChI is InChI=1S/C20H26N2O5/c1-3-26-12-6-9-22-19(23)17(15-7-4-5-8-16(15)25-2)18(20(22)24)21-10-13-27-14-11-21/h4-5,7-8H,3,6,9-14H2,1-2H3. The number of hydrogen-bond donors (Lipinski definition) is 0. The van der Waals surface area contributed by atoms with E-state index in [0.29, 0.717) is 75.1 Å². The van der Waals surface area contributed by atoms with Crippen molar-refractivity contribution in [2.24, 2.45) is 0 Å². The van der Waals surface area contributed by atoms with Crippen LogP contribution >= 0.6 is 0 Å². The van der Waals surface area contributed by atoms with Crippen LogP contribution in [0.4, 0.5) is 0 Å². The molecular weight excluding hydrogens is 348 g/mol. The van der Waals surface area contributed by atoms with Crippen LogP contribution in [0.15, 0.2) is 30.0 Å². The van der Waals surface area contributed by atoms with Crippen LogP contribution in [0, 0.1) is 0 Å². The van der Waals surface area contributed by atoms with Gasteiger partial charge in [-0.3, -0.25) is 14.5 Å². The number of carbonyl (C=O) groups excluding carboxylic acids is 2. The molecular formula is C20H26N2O5. The van der Waals surface area contributed by atoms with Gasteiger partial charge < -0.3 is 19.1 Å². The predicted octanol–water partition coefficient (Wildman–Crippen LogP) is 1.53. The summed E-state index contributed by atoms with van der Waals surface area (Å²) in [7, 11) is 1.56. The number of imide groups is 1. The van der Waals surface area contributed by atoms with E-state index >= 15 is 0 Å². The number of rotatable bonds is 8. The van der Waals surface area contributed by atoms with Crippen LogP contribution in [0.5, 0.6) is 5.75 Å². The second-order valence-electron chi connectivity index (χ2n) is 6.34. The molecule has 0 unspecified atom stereocenters. The Morgan fingerprint density at radius 3 is 2.56 bits per heavy atom. The van der Waals surface area contributed by atoms with Crippen LogP contribution in [-0.4, -0.2) is 74.8 Å². The summed E-state index contributed by atoms with van der Waals surface area (Å²) < 4.78 is 16.2. The van der Waals surface area contributed by atoms with Crippen molar-refractivity contribution in [1.82, 2.24) is 9.80 Å². The van der Waals surface area contributed by atoms with E-state index in [-0.39, 0.29) is 11.8 Å². The minimum absolute atomic E-state index is 0.251. The van der Waals surface area contributed by atoms with Crippen molar-refractivity contribution >= 4 is 17.4 Å². The molecule has 2 aliphatic heterocycles. The lowest BCUT2D eigenvalue weighted by atomic mass is 10.0. The number of carbonyl (C=O) groups is 2. The summed E-state index contributed by atoms with van der Waals surface area (Å²) in [6.07, 6.45) is 0.612. The third kappa shape index (κ3) is 3.99. The highest BCUT2D eigenvalue weighted by Crippen LogP contribution is 2.36. The maximum atomic E-state index is 13.2. The van der Waals surface area contributed by atoms with Gasteiger partial charge in [0.05, 0.1) is 25.9 Å². The molecule has 1 saturated heterocycles. The van der Waals surface area contributed by atoms with E-state index in [1.807, 2.05) is 30.0 Å². The van der Waals surface area contributed by atoms with Crippen LogP contribution in [0.2, 0.25) is 0 Å². The molecule has 1 aromatic carbocycles. The molecule has 3 rings (SSSR count).